The Bertz CT molecular complexity index is 3510. The molecule has 0 aliphatic carbocycles. The maximum absolute atomic E-state index is 6.68. The van der Waals surface area contributed by atoms with E-state index in [0.29, 0.717) is 5.82 Å². The average molecular weight is 741 g/mol. The Morgan fingerprint density at radius 3 is 1.76 bits per heavy atom. The van der Waals surface area contributed by atoms with Crippen molar-refractivity contribution in [2.75, 3.05) is 0 Å². The standard InChI is InChI=1S/C53H32N4O/c1-2-14-34(15-3-1)44-32-45(35-25-28-38(29-26-35)57-46-22-9-6-19-40(46)41-20-7-10-23-47(41)57)56-53(55-44)37-17-12-16-36(31-37)51-52-50(42-21-8-11-24-48(42)58-52)49-39-18-5-4-13-33(39)27-30-43(49)54-51/h1-32H. The Balaban J connectivity index is 1.02. The van der Waals surface area contributed by atoms with Gasteiger partial charge in [0.1, 0.15) is 11.3 Å². The molecule has 0 fully saturated rings. The number of fused-ring (bicyclic) bond motifs is 10. The van der Waals surface area contributed by atoms with Crippen LogP contribution in [0, 0.1) is 0 Å². The van der Waals surface area contributed by atoms with Gasteiger partial charge in [0, 0.05) is 54.9 Å². The van der Waals surface area contributed by atoms with Gasteiger partial charge in [0.25, 0.3) is 0 Å². The number of hydrogen-bond donors (Lipinski definition) is 0. The number of para-hydroxylation sites is 3. The van der Waals surface area contributed by atoms with Gasteiger partial charge in [0.2, 0.25) is 0 Å². The van der Waals surface area contributed by atoms with Gasteiger partial charge in [-0.2, -0.15) is 0 Å². The van der Waals surface area contributed by atoms with Gasteiger partial charge in [0.05, 0.1) is 27.9 Å². The highest BCUT2D eigenvalue weighted by Crippen LogP contribution is 2.42. The molecule has 0 aliphatic heterocycles. The van der Waals surface area contributed by atoms with Crippen LogP contribution in [-0.4, -0.2) is 19.5 Å². The fraction of sp³-hybridized carbons (Fsp3) is 0. The summed E-state index contributed by atoms with van der Waals surface area (Å²) in [7, 11) is 0. The van der Waals surface area contributed by atoms with Crippen molar-refractivity contribution in [2.45, 2.75) is 0 Å². The highest BCUT2D eigenvalue weighted by atomic mass is 16.3. The molecule has 0 saturated carbocycles. The van der Waals surface area contributed by atoms with Crippen LogP contribution in [0.5, 0.6) is 0 Å². The lowest BCUT2D eigenvalue weighted by molar-refractivity contribution is 0.669. The van der Waals surface area contributed by atoms with Crippen molar-refractivity contribution in [3.8, 4) is 50.8 Å². The molecular formula is C53H32N4O. The van der Waals surface area contributed by atoms with E-state index in [0.717, 1.165) is 83.3 Å². The molecule has 4 heterocycles. The molecule has 0 amide bonds. The molecule has 0 N–H and O–H groups in total. The maximum Gasteiger partial charge on any atom is 0.162 e. The summed E-state index contributed by atoms with van der Waals surface area (Å²) >= 11 is 0. The predicted octanol–water partition coefficient (Wildman–Crippen LogP) is 13.8. The lowest BCUT2D eigenvalue weighted by Gasteiger charge is -2.12. The summed E-state index contributed by atoms with van der Waals surface area (Å²) in [5.41, 5.74) is 12.3. The SMILES string of the molecule is c1ccc(-c2cc(-c3ccc(-n4c5ccccc5c5ccccc54)cc3)nc(-c3cccc(-c4nc5ccc6ccccc6c5c5c4oc4ccccc45)c3)n2)cc1. The van der Waals surface area contributed by atoms with E-state index in [-0.39, 0.29) is 0 Å². The summed E-state index contributed by atoms with van der Waals surface area (Å²) < 4.78 is 9.02. The van der Waals surface area contributed by atoms with Crippen molar-refractivity contribution < 1.29 is 4.42 Å². The predicted molar refractivity (Wildman–Crippen MR) is 238 cm³/mol. The van der Waals surface area contributed by atoms with Gasteiger partial charge in [-0.1, -0.05) is 146 Å². The molecular weight excluding hydrogens is 709 g/mol. The molecule has 8 aromatic carbocycles. The zero-order chi connectivity index (χ0) is 38.2. The summed E-state index contributed by atoms with van der Waals surface area (Å²) in [5.74, 6) is 0.636. The van der Waals surface area contributed by atoms with Gasteiger partial charge in [-0.05, 0) is 59.3 Å². The minimum absolute atomic E-state index is 0.636. The Morgan fingerprint density at radius 2 is 1.00 bits per heavy atom. The van der Waals surface area contributed by atoms with E-state index in [1.165, 1.54) is 27.2 Å². The zero-order valence-corrected chi connectivity index (χ0v) is 31.2. The van der Waals surface area contributed by atoms with Crippen molar-refractivity contribution >= 4 is 65.4 Å². The second kappa shape index (κ2) is 12.8. The number of nitrogens with zero attached hydrogens (tertiary/aromatic N) is 4. The highest BCUT2D eigenvalue weighted by Gasteiger charge is 2.20. The van der Waals surface area contributed by atoms with Crippen LogP contribution in [0.3, 0.4) is 0 Å². The van der Waals surface area contributed by atoms with Gasteiger partial charge < -0.3 is 8.98 Å². The largest absolute Gasteiger partial charge is 0.454 e. The minimum Gasteiger partial charge on any atom is -0.454 e. The van der Waals surface area contributed by atoms with Gasteiger partial charge >= 0.3 is 0 Å². The third kappa shape index (κ3) is 5.07. The van der Waals surface area contributed by atoms with Crippen LogP contribution in [0.15, 0.2) is 199 Å². The van der Waals surface area contributed by atoms with Crippen LogP contribution >= 0.6 is 0 Å². The molecule has 0 atom stereocenters. The van der Waals surface area contributed by atoms with Gasteiger partial charge in [-0.15, -0.1) is 0 Å². The molecule has 12 rings (SSSR count). The fourth-order valence-corrected chi connectivity index (χ4v) is 8.71. The first-order valence-electron chi connectivity index (χ1n) is 19.5. The summed E-state index contributed by atoms with van der Waals surface area (Å²) in [5, 5.41) is 8.07. The number of pyridine rings is 1. The topological polar surface area (TPSA) is 56.7 Å². The first kappa shape index (κ1) is 32.4. The quantitative estimate of drug-likeness (QED) is 0.165. The number of benzene rings is 8. The van der Waals surface area contributed by atoms with Crippen LogP contribution in [0.2, 0.25) is 0 Å². The average Bonchev–Trinajstić information content (AvgIpc) is 3.85. The number of aromatic nitrogens is 4. The molecule has 58 heavy (non-hydrogen) atoms. The lowest BCUT2D eigenvalue weighted by Crippen LogP contribution is -1.97. The molecule has 270 valence electrons. The molecule has 4 aromatic heterocycles. The van der Waals surface area contributed by atoms with Gasteiger partial charge in [-0.25, -0.2) is 15.0 Å². The minimum atomic E-state index is 0.636. The molecule has 0 radical (unpaired) electrons. The van der Waals surface area contributed by atoms with Crippen LogP contribution in [0.1, 0.15) is 0 Å². The molecule has 0 unspecified atom stereocenters. The number of rotatable bonds is 5. The van der Waals surface area contributed by atoms with Crippen LogP contribution in [-0.2, 0) is 0 Å². The first-order chi connectivity index (χ1) is 28.7. The van der Waals surface area contributed by atoms with Gasteiger partial charge in [-0.3, -0.25) is 0 Å². The smallest absolute Gasteiger partial charge is 0.162 e. The zero-order valence-electron chi connectivity index (χ0n) is 31.2. The molecule has 5 nitrogen and oxygen atoms in total. The molecule has 0 bridgehead atoms. The summed E-state index contributed by atoms with van der Waals surface area (Å²) in [6, 6.07) is 67.7. The van der Waals surface area contributed by atoms with Crippen LogP contribution < -0.4 is 0 Å². The lowest BCUT2D eigenvalue weighted by atomic mass is 9.98. The molecule has 5 heteroatoms. The number of furan rings is 1. The third-order valence-corrected chi connectivity index (χ3v) is 11.4. The van der Waals surface area contributed by atoms with Gasteiger partial charge in [0.15, 0.2) is 11.4 Å². The van der Waals surface area contributed by atoms with E-state index >= 15 is 0 Å². The Labute approximate surface area is 333 Å². The third-order valence-electron chi connectivity index (χ3n) is 11.4. The molecule has 0 aliphatic rings. The Hall–Kier alpha value is -7.89. The second-order valence-corrected chi connectivity index (χ2v) is 14.8. The highest BCUT2D eigenvalue weighted by molar-refractivity contribution is 6.27. The fourth-order valence-electron chi connectivity index (χ4n) is 8.71. The van der Waals surface area contributed by atoms with Crippen molar-refractivity contribution in [2.24, 2.45) is 0 Å². The normalized spacial score (nSPS) is 11.8. The van der Waals surface area contributed by atoms with Crippen LogP contribution in [0.4, 0.5) is 0 Å². The Kier molecular flexibility index (Phi) is 7.16. The van der Waals surface area contributed by atoms with E-state index < -0.39 is 0 Å². The summed E-state index contributed by atoms with van der Waals surface area (Å²) in [4.78, 5) is 15.7. The molecule has 0 saturated heterocycles. The van der Waals surface area contributed by atoms with E-state index in [4.69, 9.17) is 19.4 Å². The maximum atomic E-state index is 6.68. The Morgan fingerprint density at radius 1 is 0.397 bits per heavy atom. The summed E-state index contributed by atoms with van der Waals surface area (Å²) in [6.45, 7) is 0. The van der Waals surface area contributed by atoms with E-state index in [9.17, 15) is 0 Å². The van der Waals surface area contributed by atoms with Crippen molar-refractivity contribution in [3.05, 3.63) is 194 Å². The van der Waals surface area contributed by atoms with E-state index in [2.05, 4.69) is 168 Å². The van der Waals surface area contributed by atoms with Crippen LogP contribution in [0.25, 0.3) is 116 Å². The number of hydrogen-bond acceptors (Lipinski definition) is 4. The van der Waals surface area contributed by atoms with Crippen molar-refractivity contribution in [1.29, 1.82) is 0 Å². The second-order valence-electron chi connectivity index (χ2n) is 14.8. The summed E-state index contributed by atoms with van der Waals surface area (Å²) in [6.07, 6.45) is 0. The monoisotopic (exact) mass is 740 g/mol. The van der Waals surface area contributed by atoms with Crippen molar-refractivity contribution in [1.82, 2.24) is 19.5 Å². The molecule has 12 aromatic rings. The van der Waals surface area contributed by atoms with E-state index in [1.807, 2.05) is 30.3 Å². The molecule has 0 spiro atoms. The first-order valence-corrected chi connectivity index (χ1v) is 19.5. The van der Waals surface area contributed by atoms with Crippen molar-refractivity contribution in [3.63, 3.8) is 0 Å². The van der Waals surface area contributed by atoms with E-state index in [1.54, 1.807) is 0 Å².